The number of hydrogen-bond acceptors (Lipinski definition) is 3. The van der Waals surface area contributed by atoms with Crippen molar-refractivity contribution < 1.29 is 14.3 Å². The van der Waals surface area contributed by atoms with E-state index in [1.165, 1.54) is 0 Å². The fourth-order valence-electron chi connectivity index (χ4n) is 1.80. The predicted octanol–water partition coefficient (Wildman–Crippen LogP) is 3.98. The number of benzene rings is 1. The highest BCUT2D eigenvalue weighted by Crippen LogP contribution is 2.37. The van der Waals surface area contributed by atoms with Crippen molar-refractivity contribution in [2.75, 3.05) is 13.2 Å². The first-order valence-electron chi connectivity index (χ1n) is 7.66. The fraction of sp³-hybridized carbons (Fsp3) is 0.647. The van der Waals surface area contributed by atoms with Gasteiger partial charge in [0.1, 0.15) is 0 Å². The van der Waals surface area contributed by atoms with Crippen LogP contribution in [0.3, 0.4) is 0 Å². The van der Waals surface area contributed by atoms with E-state index in [9.17, 15) is 5.11 Å². The molecule has 0 bridgehead atoms. The van der Waals surface area contributed by atoms with E-state index in [-0.39, 0.29) is 17.7 Å². The molecule has 120 valence electrons. The van der Waals surface area contributed by atoms with Gasteiger partial charge in [0.15, 0.2) is 8.32 Å². The highest BCUT2D eigenvalue weighted by molar-refractivity contribution is 6.74. The van der Waals surface area contributed by atoms with Crippen molar-refractivity contribution in [1.29, 1.82) is 0 Å². The van der Waals surface area contributed by atoms with Crippen LogP contribution in [0.25, 0.3) is 0 Å². The Kier molecular flexibility index (Phi) is 7.07. The molecule has 0 saturated carbocycles. The summed E-state index contributed by atoms with van der Waals surface area (Å²) in [6.07, 6.45) is 0.598. The van der Waals surface area contributed by atoms with E-state index in [0.29, 0.717) is 19.6 Å². The maximum atomic E-state index is 9.23. The van der Waals surface area contributed by atoms with Crippen molar-refractivity contribution in [3.63, 3.8) is 0 Å². The quantitative estimate of drug-likeness (QED) is 0.738. The van der Waals surface area contributed by atoms with Gasteiger partial charge in [-0.15, -0.1) is 0 Å². The van der Waals surface area contributed by atoms with Crippen LogP contribution >= 0.6 is 0 Å². The van der Waals surface area contributed by atoms with Gasteiger partial charge in [-0.2, -0.15) is 0 Å². The molecule has 0 aliphatic carbocycles. The molecule has 1 aromatic carbocycles. The Morgan fingerprint density at radius 1 is 1.14 bits per heavy atom. The summed E-state index contributed by atoms with van der Waals surface area (Å²) in [5.41, 5.74) is 1.16. The largest absolute Gasteiger partial charge is 0.412 e. The molecular formula is C17H30O3Si. The van der Waals surface area contributed by atoms with Gasteiger partial charge in [0, 0.05) is 6.61 Å². The highest BCUT2D eigenvalue weighted by atomic mass is 28.4. The van der Waals surface area contributed by atoms with Gasteiger partial charge >= 0.3 is 0 Å². The summed E-state index contributed by atoms with van der Waals surface area (Å²) < 4.78 is 12.1. The predicted molar refractivity (Wildman–Crippen MR) is 89.9 cm³/mol. The van der Waals surface area contributed by atoms with Gasteiger partial charge in [0.25, 0.3) is 0 Å². The third kappa shape index (κ3) is 6.30. The van der Waals surface area contributed by atoms with Crippen LogP contribution < -0.4 is 0 Å². The lowest BCUT2D eigenvalue weighted by Crippen LogP contribution is -2.45. The van der Waals surface area contributed by atoms with Gasteiger partial charge in [-0.3, -0.25) is 0 Å². The van der Waals surface area contributed by atoms with Gasteiger partial charge in [-0.05, 0) is 30.1 Å². The molecule has 1 rings (SSSR count). The Balaban J connectivity index is 2.50. The zero-order chi connectivity index (χ0) is 15.9. The Morgan fingerprint density at radius 2 is 1.76 bits per heavy atom. The zero-order valence-corrected chi connectivity index (χ0v) is 15.1. The number of rotatable bonds is 8. The molecule has 0 radical (unpaired) electrons. The first-order chi connectivity index (χ1) is 9.76. The fourth-order valence-corrected chi connectivity index (χ4v) is 3.17. The van der Waals surface area contributed by atoms with Gasteiger partial charge in [0.2, 0.25) is 0 Å². The molecule has 0 aromatic heterocycles. The first-order valence-corrected chi connectivity index (χ1v) is 10.6. The molecule has 0 heterocycles. The first kappa shape index (κ1) is 18.4. The van der Waals surface area contributed by atoms with Gasteiger partial charge in [0.05, 0.1) is 19.3 Å². The molecule has 0 amide bonds. The number of hydrogen-bond donors (Lipinski definition) is 1. The Labute approximate surface area is 130 Å². The maximum absolute atomic E-state index is 9.23. The third-order valence-corrected chi connectivity index (χ3v) is 8.67. The average molecular weight is 311 g/mol. The summed E-state index contributed by atoms with van der Waals surface area (Å²) in [6, 6.07) is 10.1. The number of aliphatic hydroxyl groups is 1. The molecule has 1 atom stereocenters. The highest BCUT2D eigenvalue weighted by Gasteiger charge is 2.39. The van der Waals surface area contributed by atoms with Gasteiger partial charge in [-0.1, -0.05) is 51.1 Å². The molecule has 0 spiro atoms. The van der Waals surface area contributed by atoms with Crippen molar-refractivity contribution in [2.24, 2.45) is 0 Å². The van der Waals surface area contributed by atoms with Gasteiger partial charge in [-0.25, -0.2) is 0 Å². The van der Waals surface area contributed by atoms with E-state index in [2.05, 4.69) is 46.0 Å². The normalized spacial score (nSPS) is 14.2. The second-order valence-electron chi connectivity index (χ2n) is 7.01. The average Bonchev–Trinajstić information content (AvgIpc) is 2.38. The van der Waals surface area contributed by atoms with Crippen molar-refractivity contribution in [2.45, 2.75) is 58.0 Å². The number of aliphatic hydroxyl groups excluding tert-OH is 1. The standard InChI is InChI=1S/C17H30O3Si/c1-17(2,3)21(4,5)20-16(11-12-18)14-19-13-15-9-7-6-8-10-15/h6-10,16,18H,11-14H2,1-5H3/t16-/m0/s1. The summed E-state index contributed by atoms with van der Waals surface area (Å²) in [7, 11) is -1.83. The molecule has 21 heavy (non-hydrogen) atoms. The van der Waals surface area contributed by atoms with Crippen LogP contribution in [0.2, 0.25) is 18.1 Å². The molecule has 4 heteroatoms. The van der Waals surface area contributed by atoms with Crippen molar-refractivity contribution in [1.82, 2.24) is 0 Å². The summed E-state index contributed by atoms with van der Waals surface area (Å²) >= 11 is 0. The van der Waals surface area contributed by atoms with E-state index in [1.807, 2.05) is 18.2 Å². The molecule has 1 N–H and O–H groups in total. The van der Waals surface area contributed by atoms with Gasteiger partial charge < -0.3 is 14.3 Å². The molecule has 3 nitrogen and oxygen atoms in total. The lowest BCUT2D eigenvalue weighted by molar-refractivity contribution is 0.0229. The van der Waals surface area contributed by atoms with Crippen molar-refractivity contribution in [3.8, 4) is 0 Å². The number of ether oxygens (including phenoxy) is 1. The minimum atomic E-state index is -1.83. The van der Waals surface area contributed by atoms with Crippen LogP contribution in [0.15, 0.2) is 30.3 Å². The molecule has 1 aromatic rings. The smallest absolute Gasteiger partial charge is 0.192 e. The van der Waals surface area contributed by atoms with E-state index in [1.54, 1.807) is 0 Å². The van der Waals surface area contributed by atoms with Crippen LogP contribution in [-0.2, 0) is 15.8 Å². The van der Waals surface area contributed by atoms with Crippen molar-refractivity contribution in [3.05, 3.63) is 35.9 Å². The van der Waals surface area contributed by atoms with Crippen LogP contribution in [0, 0.1) is 0 Å². The topological polar surface area (TPSA) is 38.7 Å². The minimum Gasteiger partial charge on any atom is -0.412 e. The van der Waals surface area contributed by atoms with E-state index in [0.717, 1.165) is 5.56 Å². The summed E-state index contributed by atoms with van der Waals surface area (Å²) in [4.78, 5) is 0. The Morgan fingerprint density at radius 3 is 2.29 bits per heavy atom. The zero-order valence-electron chi connectivity index (χ0n) is 14.1. The van der Waals surface area contributed by atoms with Crippen LogP contribution in [0.5, 0.6) is 0 Å². The van der Waals surface area contributed by atoms with E-state index in [4.69, 9.17) is 9.16 Å². The van der Waals surface area contributed by atoms with Crippen LogP contribution in [0.4, 0.5) is 0 Å². The molecular weight excluding hydrogens is 280 g/mol. The summed E-state index contributed by atoms with van der Waals surface area (Å²) in [5.74, 6) is 0. The minimum absolute atomic E-state index is 0.0281. The maximum Gasteiger partial charge on any atom is 0.192 e. The van der Waals surface area contributed by atoms with Crippen molar-refractivity contribution >= 4 is 8.32 Å². The molecule has 0 aliphatic rings. The summed E-state index contributed by atoms with van der Waals surface area (Å²) in [6.45, 7) is 12.4. The Bertz CT molecular complexity index is 398. The summed E-state index contributed by atoms with van der Waals surface area (Å²) in [5, 5.41) is 9.40. The van der Waals surface area contributed by atoms with Crippen LogP contribution in [-0.4, -0.2) is 32.7 Å². The van der Waals surface area contributed by atoms with Crippen LogP contribution in [0.1, 0.15) is 32.8 Å². The second-order valence-corrected chi connectivity index (χ2v) is 11.8. The Hall–Kier alpha value is -0.683. The lowest BCUT2D eigenvalue weighted by atomic mass is 10.2. The molecule has 0 aliphatic heterocycles. The SMILES string of the molecule is CC(C)(C)[Si](C)(C)O[C@@H](CCO)COCc1ccccc1. The molecule has 0 unspecified atom stereocenters. The second kappa shape index (κ2) is 8.08. The van der Waals surface area contributed by atoms with E-state index >= 15 is 0 Å². The molecule has 0 saturated heterocycles. The van der Waals surface area contributed by atoms with E-state index < -0.39 is 8.32 Å². The molecule has 0 fully saturated rings. The third-order valence-electron chi connectivity index (χ3n) is 4.13. The lowest BCUT2D eigenvalue weighted by Gasteiger charge is -2.39. The monoisotopic (exact) mass is 310 g/mol.